The number of carbonyl (C=O) groups excluding carboxylic acids is 1. The zero-order valence-corrected chi connectivity index (χ0v) is 14.6. The molecule has 1 aliphatic rings. The van der Waals surface area contributed by atoms with E-state index in [1.807, 2.05) is 0 Å². The third-order valence-electron chi connectivity index (χ3n) is 3.17. The highest BCUT2D eigenvalue weighted by atomic mass is 32.2. The Morgan fingerprint density at radius 3 is 2.15 bits per heavy atom. The van der Waals surface area contributed by atoms with Crippen LogP contribution in [0.4, 0.5) is 14.5 Å². The van der Waals surface area contributed by atoms with E-state index in [9.17, 15) is 18.8 Å². The fraction of sp³-hybridized carbons (Fsp3) is 0. The lowest BCUT2D eigenvalue weighted by atomic mass is 10.2. The minimum atomic E-state index is -1.25. The van der Waals surface area contributed by atoms with E-state index in [0.717, 1.165) is 35.7 Å². The maximum Gasteiger partial charge on any atom is 0.268 e. The number of nitriles is 3. The van der Waals surface area contributed by atoms with E-state index < -0.39 is 23.2 Å². The molecule has 0 radical (unpaired) electrons. The maximum absolute atomic E-state index is 13.7. The van der Waals surface area contributed by atoms with Crippen LogP contribution >= 0.6 is 23.5 Å². The maximum atomic E-state index is 13.7. The molecule has 1 aromatic carbocycles. The summed E-state index contributed by atoms with van der Waals surface area (Å²) in [6.07, 6.45) is 0. The number of carbonyl (C=O) groups is 1. The lowest BCUT2D eigenvalue weighted by Crippen LogP contribution is -2.15. The second-order valence-electron chi connectivity index (χ2n) is 4.79. The van der Waals surface area contributed by atoms with Crippen LogP contribution in [0.2, 0.25) is 0 Å². The molecular weight excluding hydrogens is 394 g/mol. The fourth-order valence-electron chi connectivity index (χ4n) is 1.97. The summed E-state index contributed by atoms with van der Waals surface area (Å²) < 4.78 is 27.2. The van der Waals surface area contributed by atoms with Crippen molar-refractivity contribution in [1.82, 2.24) is 9.97 Å². The predicted octanol–water partition coefficient (Wildman–Crippen LogP) is 3.07. The molecule has 0 spiro atoms. The molecule has 11 heteroatoms. The summed E-state index contributed by atoms with van der Waals surface area (Å²) in [4.78, 5) is 20.3. The predicted molar refractivity (Wildman–Crippen MR) is 90.8 cm³/mol. The van der Waals surface area contributed by atoms with Gasteiger partial charge in [0.25, 0.3) is 5.91 Å². The van der Waals surface area contributed by atoms with Gasteiger partial charge in [0, 0.05) is 0 Å². The first-order valence-corrected chi connectivity index (χ1v) is 8.59. The van der Waals surface area contributed by atoms with Crippen LogP contribution in [0, 0.1) is 45.6 Å². The van der Waals surface area contributed by atoms with Gasteiger partial charge in [-0.15, -0.1) is 0 Å². The minimum Gasteiger partial charge on any atom is -0.319 e. The van der Waals surface area contributed by atoms with Crippen LogP contribution in [0.3, 0.4) is 0 Å². The summed E-state index contributed by atoms with van der Waals surface area (Å²) in [5.41, 5.74) is -1.11. The summed E-state index contributed by atoms with van der Waals surface area (Å²) in [6.45, 7) is 0. The van der Waals surface area contributed by atoms with Crippen molar-refractivity contribution in [3.8, 4) is 18.2 Å². The van der Waals surface area contributed by atoms with Gasteiger partial charge >= 0.3 is 0 Å². The molecule has 0 bridgehead atoms. The molecule has 1 N–H and O–H groups in total. The first-order chi connectivity index (χ1) is 13.0. The molecule has 3 rings (SSSR count). The number of rotatable bonds is 2. The number of anilines is 1. The molecule has 7 nitrogen and oxygen atoms in total. The third kappa shape index (κ3) is 3.44. The highest BCUT2D eigenvalue weighted by Crippen LogP contribution is 2.50. The number of nitrogens with one attached hydrogen (secondary N) is 1. The smallest absolute Gasteiger partial charge is 0.268 e. The second-order valence-corrected chi connectivity index (χ2v) is 7.05. The molecule has 0 unspecified atom stereocenters. The average Bonchev–Trinajstić information content (AvgIpc) is 3.07. The molecule has 0 aliphatic carbocycles. The highest BCUT2D eigenvalue weighted by molar-refractivity contribution is 8.24. The minimum absolute atomic E-state index is 0.171. The number of aromatic nitrogens is 2. The summed E-state index contributed by atoms with van der Waals surface area (Å²) in [6, 6.07) is 8.46. The molecule has 1 aliphatic heterocycles. The Hall–Kier alpha value is -3.46. The van der Waals surface area contributed by atoms with Crippen molar-refractivity contribution in [2.45, 2.75) is 10.1 Å². The standard InChI is InChI=1S/C16H4F2N6OS2/c17-8-2-1-3-9(12(8)18)22-13(25)7(4-19)16-26-14-15(27-16)24-11(6-21)10(5-20)23-14/h1-3H,(H,22,25). The van der Waals surface area contributed by atoms with Gasteiger partial charge in [0.2, 0.25) is 0 Å². The number of fused-ring (bicyclic) bond motifs is 1. The quantitative estimate of drug-likeness (QED) is 0.604. The number of hydrogen-bond acceptors (Lipinski definition) is 8. The zero-order chi connectivity index (χ0) is 19.6. The Labute approximate surface area is 159 Å². The zero-order valence-electron chi connectivity index (χ0n) is 12.9. The molecule has 2 heterocycles. The van der Waals surface area contributed by atoms with Gasteiger partial charge in [-0.2, -0.15) is 15.8 Å². The Morgan fingerprint density at radius 1 is 1.04 bits per heavy atom. The molecule has 1 amide bonds. The normalized spacial score (nSPS) is 11.7. The molecule has 0 saturated carbocycles. The molecule has 0 saturated heterocycles. The van der Waals surface area contributed by atoms with Gasteiger partial charge in [0.1, 0.15) is 33.8 Å². The van der Waals surface area contributed by atoms with E-state index in [4.69, 9.17) is 10.5 Å². The van der Waals surface area contributed by atoms with Crippen LogP contribution in [0.15, 0.2) is 38.1 Å². The number of benzene rings is 1. The molecule has 1 aromatic heterocycles. The number of halogens is 2. The Kier molecular flexibility index (Phi) is 5.04. The molecule has 2 aromatic rings. The van der Waals surface area contributed by atoms with Crippen molar-refractivity contribution in [2.24, 2.45) is 0 Å². The highest BCUT2D eigenvalue weighted by Gasteiger charge is 2.29. The van der Waals surface area contributed by atoms with E-state index in [1.54, 1.807) is 18.2 Å². The van der Waals surface area contributed by atoms with Crippen LogP contribution in [-0.4, -0.2) is 15.9 Å². The van der Waals surface area contributed by atoms with Crippen LogP contribution in [-0.2, 0) is 4.79 Å². The van der Waals surface area contributed by atoms with Gasteiger partial charge < -0.3 is 5.32 Å². The van der Waals surface area contributed by atoms with Gasteiger partial charge in [0.15, 0.2) is 23.0 Å². The SMILES string of the molecule is N#CC(C(=O)Nc1cccc(F)c1F)=C1Sc2nc(C#N)c(C#N)nc2S1. The Balaban J connectivity index is 1.93. The van der Waals surface area contributed by atoms with Gasteiger partial charge in [-0.25, -0.2) is 18.7 Å². The first-order valence-electron chi connectivity index (χ1n) is 6.96. The Bertz CT molecular complexity index is 1100. The molecule has 130 valence electrons. The van der Waals surface area contributed by atoms with Crippen LogP contribution in [0.25, 0.3) is 0 Å². The number of amides is 1. The van der Waals surface area contributed by atoms with E-state index in [-0.39, 0.29) is 31.3 Å². The van der Waals surface area contributed by atoms with E-state index >= 15 is 0 Å². The van der Waals surface area contributed by atoms with E-state index in [0.29, 0.717) is 0 Å². The van der Waals surface area contributed by atoms with Crippen molar-refractivity contribution in [2.75, 3.05) is 5.32 Å². The van der Waals surface area contributed by atoms with Crippen molar-refractivity contribution < 1.29 is 13.6 Å². The molecule has 0 atom stereocenters. The molecular formula is C16H4F2N6OS2. The van der Waals surface area contributed by atoms with E-state index in [2.05, 4.69) is 15.3 Å². The van der Waals surface area contributed by atoms with Crippen molar-refractivity contribution in [3.63, 3.8) is 0 Å². The van der Waals surface area contributed by atoms with E-state index in [1.165, 1.54) is 6.07 Å². The van der Waals surface area contributed by atoms with Gasteiger partial charge in [-0.3, -0.25) is 4.79 Å². The van der Waals surface area contributed by atoms with Crippen molar-refractivity contribution >= 4 is 35.1 Å². The second kappa shape index (κ2) is 7.42. The Morgan fingerprint density at radius 2 is 1.63 bits per heavy atom. The largest absolute Gasteiger partial charge is 0.319 e. The third-order valence-corrected chi connectivity index (χ3v) is 5.53. The van der Waals surface area contributed by atoms with Gasteiger partial charge in [-0.05, 0) is 12.1 Å². The van der Waals surface area contributed by atoms with Gasteiger partial charge in [-0.1, -0.05) is 29.6 Å². The fourth-order valence-corrected chi connectivity index (χ4v) is 4.23. The monoisotopic (exact) mass is 398 g/mol. The first kappa shape index (κ1) is 18.3. The van der Waals surface area contributed by atoms with Crippen LogP contribution in [0.5, 0.6) is 0 Å². The van der Waals surface area contributed by atoms with Crippen LogP contribution < -0.4 is 5.32 Å². The van der Waals surface area contributed by atoms with Crippen molar-refractivity contribution in [1.29, 1.82) is 15.8 Å². The molecule has 27 heavy (non-hydrogen) atoms. The lowest BCUT2D eigenvalue weighted by Gasteiger charge is -2.06. The topological polar surface area (TPSA) is 126 Å². The van der Waals surface area contributed by atoms with Crippen molar-refractivity contribution in [3.05, 3.63) is 51.0 Å². The molecule has 0 fully saturated rings. The number of hydrogen-bond donors (Lipinski definition) is 1. The average molecular weight is 398 g/mol. The van der Waals surface area contributed by atoms with Gasteiger partial charge in [0.05, 0.1) is 9.92 Å². The summed E-state index contributed by atoms with van der Waals surface area (Å²) in [5, 5.41) is 30.0. The summed E-state index contributed by atoms with van der Waals surface area (Å²) in [5.74, 6) is -3.33. The number of thioether (sulfide) groups is 2. The number of nitrogens with zero attached hydrogens (tertiary/aromatic N) is 5. The summed E-state index contributed by atoms with van der Waals surface area (Å²) in [7, 11) is 0. The van der Waals surface area contributed by atoms with Crippen LogP contribution in [0.1, 0.15) is 11.4 Å². The summed E-state index contributed by atoms with van der Waals surface area (Å²) >= 11 is 1.84. The lowest BCUT2D eigenvalue weighted by molar-refractivity contribution is -0.112.